The fourth-order valence-corrected chi connectivity index (χ4v) is 7.42. The van der Waals surface area contributed by atoms with Crippen molar-refractivity contribution in [1.29, 1.82) is 0 Å². The minimum Gasteiger partial charge on any atom is -0.396 e. The third kappa shape index (κ3) is 5.49. The van der Waals surface area contributed by atoms with E-state index in [-0.39, 0.29) is 86.3 Å². The average molecular weight is 461 g/mol. The van der Waals surface area contributed by atoms with Crippen LogP contribution in [0.5, 0.6) is 0 Å². The van der Waals surface area contributed by atoms with E-state index in [2.05, 4.69) is 0 Å². The van der Waals surface area contributed by atoms with Crippen LogP contribution in [0.25, 0.3) is 0 Å². The molecule has 8 nitrogen and oxygen atoms in total. The van der Waals surface area contributed by atoms with Crippen molar-refractivity contribution in [3.05, 3.63) is 0 Å². The molecule has 0 aliphatic heterocycles. The molecule has 0 heterocycles. The van der Waals surface area contributed by atoms with Crippen LogP contribution >= 0.6 is 0 Å². The SMILES string of the molecule is OCC1CC(C(C2CC(CO)C(O)C(CO)C2)C2CC(CO)C(O)C(CO)C2)CCC1O. The predicted molar refractivity (Wildman–Crippen MR) is 117 cm³/mol. The maximum Gasteiger partial charge on any atom is 0.0640 e. The first-order chi connectivity index (χ1) is 15.4. The lowest BCUT2D eigenvalue weighted by Crippen LogP contribution is -2.49. The minimum absolute atomic E-state index is 0.0752. The third-order valence-corrected chi connectivity index (χ3v) is 9.14. The Morgan fingerprint density at radius 1 is 0.469 bits per heavy atom. The Morgan fingerprint density at radius 2 is 0.812 bits per heavy atom. The molecule has 3 aliphatic rings. The maximum absolute atomic E-state index is 10.6. The van der Waals surface area contributed by atoms with Crippen molar-refractivity contribution in [2.45, 2.75) is 63.3 Å². The molecule has 0 aromatic heterocycles. The maximum atomic E-state index is 10.6. The molecule has 3 saturated carbocycles. The summed E-state index contributed by atoms with van der Waals surface area (Å²) in [6, 6.07) is 0. The first-order valence-corrected chi connectivity index (χ1v) is 12.5. The van der Waals surface area contributed by atoms with Crippen LogP contribution in [0.2, 0.25) is 0 Å². The molecule has 0 aromatic carbocycles. The Kier molecular flexibility index (Phi) is 9.77. The highest BCUT2D eigenvalue weighted by atomic mass is 16.3. The molecular weight excluding hydrogens is 416 g/mol. The average Bonchev–Trinajstić information content (AvgIpc) is 2.81. The highest BCUT2D eigenvalue weighted by Gasteiger charge is 2.48. The van der Waals surface area contributed by atoms with E-state index in [1.54, 1.807) is 0 Å². The molecule has 3 aliphatic carbocycles. The third-order valence-electron chi connectivity index (χ3n) is 9.14. The van der Waals surface area contributed by atoms with E-state index in [1.165, 1.54) is 0 Å². The lowest BCUT2D eigenvalue weighted by atomic mass is 9.56. The molecule has 7 atom stereocenters. The van der Waals surface area contributed by atoms with Crippen molar-refractivity contribution in [2.75, 3.05) is 33.0 Å². The number of hydrogen-bond acceptors (Lipinski definition) is 8. The van der Waals surface area contributed by atoms with Gasteiger partial charge in [-0.1, -0.05) is 0 Å². The molecule has 188 valence electrons. The minimum atomic E-state index is -0.746. The van der Waals surface area contributed by atoms with Gasteiger partial charge in [0.1, 0.15) is 0 Å². The van der Waals surface area contributed by atoms with Gasteiger partial charge in [-0.3, -0.25) is 0 Å². The predicted octanol–water partition coefficient (Wildman–Crippen LogP) is -0.652. The Bertz CT molecular complexity index is 500. The molecule has 0 radical (unpaired) electrons. The second kappa shape index (κ2) is 11.9. The summed E-state index contributed by atoms with van der Waals surface area (Å²) >= 11 is 0. The van der Waals surface area contributed by atoms with E-state index >= 15 is 0 Å². The second-order valence-electron chi connectivity index (χ2n) is 10.9. The Morgan fingerprint density at radius 3 is 1.16 bits per heavy atom. The molecule has 7 unspecified atom stereocenters. The summed E-state index contributed by atoms with van der Waals surface area (Å²) in [5.41, 5.74) is 0. The lowest BCUT2D eigenvalue weighted by molar-refractivity contribution is -0.101. The van der Waals surface area contributed by atoms with Crippen LogP contribution in [0.1, 0.15) is 44.9 Å². The molecule has 0 saturated heterocycles. The van der Waals surface area contributed by atoms with Gasteiger partial charge in [0.2, 0.25) is 0 Å². The van der Waals surface area contributed by atoms with Gasteiger partial charge in [0.15, 0.2) is 0 Å². The van der Waals surface area contributed by atoms with Crippen LogP contribution in [0, 0.1) is 53.3 Å². The first-order valence-electron chi connectivity index (χ1n) is 12.5. The molecule has 0 amide bonds. The topological polar surface area (TPSA) is 162 Å². The van der Waals surface area contributed by atoms with Crippen LogP contribution in [0.15, 0.2) is 0 Å². The normalized spacial score (nSPS) is 46.7. The van der Waals surface area contributed by atoms with E-state index in [9.17, 15) is 40.9 Å². The fraction of sp³-hybridized carbons (Fsp3) is 1.00. The van der Waals surface area contributed by atoms with Gasteiger partial charge in [-0.25, -0.2) is 0 Å². The van der Waals surface area contributed by atoms with E-state index in [0.717, 1.165) is 6.42 Å². The summed E-state index contributed by atoms with van der Waals surface area (Å²) in [7, 11) is 0. The van der Waals surface area contributed by atoms with Gasteiger partial charge < -0.3 is 40.9 Å². The molecule has 8 heteroatoms. The molecule has 3 fully saturated rings. The zero-order valence-electron chi connectivity index (χ0n) is 19.0. The fourth-order valence-electron chi connectivity index (χ4n) is 7.42. The Hall–Kier alpha value is -0.320. The van der Waals surface area contributed by atoms with Crippen LogP contribution in [0.3, 0.4) is 0 Å². The summed E-state index contributed by atoms with van der Waals surface area (Å²) in [4.78, 5) is 0. The second-order valence-corrected chi connectivity index (χ2v) is 10.9. The summed E-state index contributed by atoms with van der Waals surface area (Å²) in [6.07, 6.45) is 2.61. The summed E-state index contributed by atoms with van der Waals surface area (Å²) in [5.74, 6) is -0.821. The number of aliphatic hydroxyl groups excluding tert-OH is 8. The number of rotatable bonds is 8. The van der Waals surface area contributed by atoms with Gasteiger partial charge in [-0.05, 0) is 68.6 Å². The molecular formula is C24H44O8. The van der Waals surface area contributed by atoms with Crippen molar-refractivity contribution in [2.24, 2.45) is 53.3 Å². The Balaban J connectivity index is 1.91. The number of aliphatic hydroxyl groups is 8. The molecule has 0 bridgehead atoms. The van der Waals surface area contributed by atoms with Crippen LogP contribution in [-0.2, 0) is 0 Å². The van der Waals surface area contributed by atoms with E-state index in [1.807, 2.05) is 0 Å². The zero-order chi connectivity index (χ0) is 23.4. The van der Waals surface area contributed by atoms with Gasteiger partial charge in [-0.15, -0.1) is 0 Å². The Labute approximate surface area is 190 Å². The van der Waals surface area contributed by atoms with Crippen molar-refractivity contribution >= 4 is 0 Å². The standard InChI is InChI=1S/C24H44O8/c25-8-16-3-13(1-2-21(16)30)22(14-4-17(9-26)23(31)18(5-14)10-27)15-6-19(11-28)24(32)20(7-15)12-29/h13-32H,1-12H2. The summed E-state index contributed by atoms with van der Waals surface area (Å²) in [6.45, 7) is -0.665. The van der Waals surface area contributed by atoms with Crippen LogP contribution in [-0.4, -0.2) is 92.2 Å². The van der Waals surface area contributed by atoms with Crippen molar-refractivity contribution in [3.63, 3.8) is 0 Å². The van der Waals surface area contributed by atoms with Gasteiger partial charge in [0.05, 0.1) is 18.3 Å². The highest BCUT2D eigenvalue weighted by Crippen LogP contribution is 2.51. The first kappa shape index (κ1) is 26.3. The van der Waals surface area contributed by atoms with Crippen LogP contribution in [0.4, 0.5) is 0 Å². The number of hydrogen-bond donors (Lipinski definition) is 8. The van der Waals surface area contributed by atoms with Gasteiger partial charge in [0, 0.05) is 62.6 Å². The molecule has 0 aromatic rings. The van der Waals surface area contributed by atoms with E-state index in [4.69, 9.17) is 0 Å². The quantitative estimate of drug-likeness (QED) is 0.237. The largest absolute Gasteiger partial charge is 0.396 e. The van der Waals surface area contributed by atoms with Gasteiger partial charge >= 0.3 is 0 Å². The zero-order valence-corrected chi connectivity index (χ0v) is 19.0. The molecule has 32 heavy (non-hydrogen) atoms. The smallest absolute Gasteiger partial charge is 0.0640 e. The highest BCUT2D eigenvalue weighted by molar-refractivity contribution is 4.98. The molecule has 0 spiro atoms. The van der Waals surface area contributed by atoms with Gasteiger partial charge in [-0.2, -0.15) is 0 Å². The van der Waals surface area contributed by atoms with Crippen molar-refractivity contribution < 1.29 is 40.9 Å². The van der Waals surface area contributed by atoms with E-state index < -0.39 is 18.3 Å². The summed E-state index contributed by atoms with van der Waals surface area (Å²) in [5, 5.41) is 80.9. The molecule has 8 N–H and O–H groups in total. The van der Waals surface area contributed by atoms with Crippen molar-refractivity contribution in [3.8, 4) is 0 Å². The van der Waals surface area contributed by atoms with Crippen molar-refractivity contribution in [1.82, 2.24) is 0 Å². The summed E-state index contributed by atoms with van der Waals surface area (Å²) < 4.78 is 0. The monoisotopic (exact) mass is 460 g/mol. The van der Waals surface area contributed by atoms with Gasteiger partial charge in [0.25, 0.3) is 0 Å². The lowest BCUT2D eigenvalue weighted by Gasteiger charge is -2.51. The molecule has 3 rings (SSSR count). The van der Waals surface area contributed by atoms with Crippen LogP contribution < -0.4 is 0 Å². The van der Waals surface area contributed by atoms with E-state index in [0.29, 0.717) is 38.5 Å².